The number of fused-ring (bicyclic) bond motifs is 1. The van der Waals surface area contributed by atoms with E-state index in [4.69, 9.17) is 9.15 Å². The number of carbonyl (C=O) groups is 1. The van der Waals surface area contributed by atoms with Crippen molar-refractivity contribution in [2.24, 2.45) is 0 Å². The number of carbonyl (C=O) groups excluding carboxylic acids is 1. The van der Waals surface area contributed by atoms with E-state index in [1.165, 1.54) is 22.2 Å². The van der Waals surface area contributed by atoms with Gasteiger partial charge in [0.2, 0.25) is 5.91 Å². The summed E-state index contributed by atoms with van der Waals surface area (Å²) < 4.78 is 11.0. The summed E-state index contributed by atoms with van der Waals surface area (Å²) in [7, 11) is 0. The van der Waals surface area contributed by atoms with Crippen molar-refractivity contribution in [3.05, 3.63) is 54.1 Å². The van der Waals surface area contributed by atoms with Crippen LogP contribution in [0.5, 0.6) is 0 Å². The number of benzene rings is 2. The van der Waals surface area contributed by atoms with E-state index in [9.17, 15) is 4.79 Å². The van der Waals surface area contributed by atoms with E-state index in [0.717, 1.165) is 49.6 Å². The molecule has 0 atom stereocenters. The highest BCUT2D eigenvalue weighted by atomic mass is 32.2. The van der Waals surface area contributed by atoms with Gasteiger partial charge in [0.15, 0.2) is 5.58 Å². The lowest BCUT2D eigenvalue weighted by Crippen LogP contribution is -3.12. The highest BCUT2D eigenvalue weighted by Gasteiger charge is 2.14. The maximum Gasteiger partial charge on any atom is 0.257 e. The van der Waals surface area contributed by atoms with Crippen molar-refractivity contribution in [1.29, 1.82) is 0 Å². The number of thioether (sulfide) groups is 1. The van der Waals surface area contributed by atoms with Gasteiger partial charge < -0.3 is 19.4 Å². The van der Waals surface area contributed by atoms with Crippen molar-refractivity contribution in [1.82, 2.24) is 4.98 Å². The molecule has 1 fully saturated rings. The highest BCUT2D eigenvalue weighted by molar-refractivity contribution is 7.99. The number of morpholine rings is 1. The van der Waals surface area contributed by atoms with Gasteiger partial charge in [0.05, 0.1) is 19.0 Å². The molecule has 2 aromatic carbocycles. The van der Waals surface area contributed by atoms with E-state index in [1.807, 2.05) is 36.4 Å². The van der Waals surface area contributed by atoms with Gasteiger partial charge in [-0.1, -0.05) is 36.0 Å². The first-order valence-corrected chi connectivity index (χ1v) is 10.0. The molecule has 2 N–H and O–H groups in total. The Bertz CT molecular complexity index is 871. The average Bonchev–Trinajstić information content (AvgIpc) is 3.12. The first kappa shape index (κ1) is 18.0. The summed E-state index contributed by atoms with van der Waals surface area (Å²) in [5, 5.41) is 3.43. The Kier molecular flexibility index (Phi) is 5.72. The Morgan fingerprint density at radius 1 is 1.11 bits per heavy atom. The van der Waals surface area contributed by atoms with Crippen molar-refractivity contribution in [3.8, 4) is 0 Å². The molecule has 1 amide bonds. The van der Waals surface area contributed by atoms with Crippen LogP contribution in [0.4, 0.5) is 5.69 Å². The maximum atomic E-state index is 12.2. The number of nitrogens with one attached hydrogen (secondary N) is 2. The van der Waals surface area contributed by atoms with Gasteiger partial charge in [-0.05, 0) is 24.3 Å². The number of quaternary nitrogens is 1. The Morgan fingerprint density at radius 2 is 1.89 bits per heavy atom. The van der Waals surface area contributed by atoms with Gasteiger partial charge in [-0.2, -0.15) is 0 Å². The minimum atomic E-state index is -0.0752. The van der Waals surface area contributed by atoms with Crippen molar-refractivity contribution in [2.45, 2.75) is 11.8 Å². The quantitative estimate of drug-likeness (QED) is 0.636. The molecule has 0 radical (unpaired) electrons. The monoisotopic (exact) mass is 384 g/mol. The lowest BCUT2D eigenvalue weighted by atomic mass is 10.2. The molecule has 3 aromatic rings. The van der Waals surface area contributed by atoms with Crippen LogP contribution in [0.25, 0.3) is 11.1 Å². The second kappa shape index (κ2) is 8.56. The lowest BCUT2D eigenvalue weighted by molar-refractivity contribution is -0.921. The van der Waals surface area contributed by atoms with Crippen LogP contribution >= 0.6 is 11.8 Å². The molecular weight excluding hydrogens is 362 g/mol. The topological polar surface area (TPSA) is 68.8 Å². The van der Waals surface area contributed by atoms with Gasteiger partial charge in [0.1, 0.15) is 25.2 Å². The fourth-order valence-corrected chi connectivity index (χ4v) is 3.71. The number of hydrogen-bond acceptors (Lipinski definition) is 5. The van der Waals surface area contributed by atoms with Crippen LogP contribution in [0.1, 0.15) is 5.56 Å². The molecule has 0 bridgehead atoms. The standard InChI is InChI=1S/C20H21N3O3S/c24-19(14-27-20-22-17-3-1-2-4-18(17)26-20)21-16-7-5-15(6-8-16)13-23-9-11-25-12-10-23/h1-8H,9-14H2,(H,21,24)/p+1. The van der Waals surface area contributed by atoms with Crippen LogP contribution in [0.15, 0.2) is 58.2 Å². The molecule has 0 unspecified atom stereocenters. The number of oxazole rings is 1. The van der Waals surface area contributed by atoms with Gasteiger partial charge >= 0.3 is 0 Å². The van der Waals surface area contributed by atoms with E-state index in [-0.39, 0.29) is 11.7 Å². The predicted octanol–water partition coefficient (Wildman–Crippen LogP) is 1.97. The fourth-order valence-electron chi connectivity index (χ4n) is 3.07. The summed E-state index contributed by atoms with van der Waals surface area (Å²) in [6.07, 6.45) is 0. The number of hydrogen-bond donors (Lipinski definition) is 2. The van der Waals surface area contributed by atoms with E-state index in [0.29, 0.717) is 5.22 Å². The summed E-state index contributed by atoms with van der Waals surface area (Å²) in [6, 6.07) is 15.6. The molecule has 0 spiro atoms. The van der Waals surface area contributed by atoms with Crippen molar-refractivity contribution < 1.29 is 18.8 Å². The van der Waals surface area contributed by atoms with Crippen LogP contribution in [0.3, 0.4) is 0 Å². The second-order valence-corrected chi connectivity index (χ2v) is 7.45. The molecule has 0 saturated carbocycles. The smallest absolute Gasteiger partial charge is 0.257 e. The Morgan fingerprint density at radius 3 is 2.67 bits per heavy atom. The molecule has 6 nitrogen and oxygen atoms in total. The van der Waals surface area contributed by atoms with Gasteiger partial charge in [0.25, 0.3) is 5.22 Å². The Hall–Kier alpha value is -2.35. The number of amides is 1. The molecular formula is C20H22N3O3S+. The van der Waals surface area contributed by atoms with Crippen LogP contribution in [-0.2, 0) is 16.1 Å². The molecule has 0 aliphatic carbocycles. The minimum Gasteiger partial charge on any atom is -0.431 e. The maximum absolute atomic E-state index is 12.2. The molecule has 1 aromatic heterocycles. The van der Waals surface area contributed by atoms with E-state index < -0.39 is 0 Å². The normalized spacial score (nSPS) is 15.1. The zero-order valence-corrected chi connectivity index (χ0v) is 15.8. The summed E-state index contributed by atoms with van der Waals surface area (Å²) in [5.74, 6) is 0.181. The number of rotatable bonds is 6. The molecule has 27 heavy (non-hydrogen) atoms. The first-order chi connectivity index (χ1) is 13.3. The Balaban J connectivity index is 1.27. The van der Waals surface area contributed by atoms with E-state index in [2.05, 4.69) is 22.4 Å². The zero-order chi connectivity index (χ0) is 18.5. The molecule has 1 aliphatic heterocycles. The average molecular weight is 384 g/mol. The Labute approximate surface area is 161 Å². The highest BCUT2D eigenvalue weighted by Crippen LogP contribution is 2.23. The summed E-state index contributed by atoms with van der Waals surface area (Å²) in [4.78, 5) is 18.1. The number of ether oxygens (including phenoxy) is 1. The van der Waals surface area contributed by atoms with E-state index in [1.54, 1.807) is 0 Å². The first-order valence-electron chi connectivity index (χ1n) is 9.05. The van der Waals surface area contributed by atoms with Crippen LogP contribution in [0, 0.1) is 0 Å². The second-order valence-electron chi connectivity index (χ2n) is 6.52. The third kappa shape index (κ3) is 4.88. The summed E-state index contributed by atoms with van der Waals surface area (Å²) in [6.45, 7) is 4.75. The van der Waals surface area contributed by atoms with Gasteiger partial charge in [-0.25, -0.2) is 4.98 Å². The molecule has 7 heteroatoms. The molecule has 1 saturated heterocycles. The summed E-state index contributed by atoms with van der Waals surface area (Å²) in [5.41, 5.74) is 3.61. The third-order valence-corrected chi connectivity index (χ3v) is 5.32. The molecule has 4 rings (SSSR count). The lowest BCUT2D eigenvalue weighted by Gasteiger charge is -2.23. The van der Waals surface area contributed by atoms with Gasteiger partial charge in [-0.3, -0.25) is 4.79 Å². The summed E-state index contributed by atoms with van der Waals surface area (Å²) >= 11 is 1.29. The number of anilines is 1. The van der Waals surface area contributed by atoms with Crippen molar-refractivity contribution >= 4 is 34.5 Å². The number of nitrogens with zero attached hydrogens (tertiary/aromatic N) is 1. The number of para-hydroxylation sites is 2. The number of aromatic nitrogens is 1. The van der Waals surface area contributed by atoms with Gasteiger partial charge in [-0.15, -0.1) is 0 Å². The predicted molar refractivity (Wildman–Crippen MR) is 105 cm³/mol. The molecule has 2 heterocycles. The SMILES string of the molecule is O=C(CSc1nc2ccccc2o1)Nc1ccc(C[NH+]2CCOCC2)cc1. The van der Waals surface area contributed by atoms with Crippen molar-refractivity contribution in [2.75, 3.05) is 37.4 Å². The van der Waals surface area contributed by atoms with E-state index >= 15 is 0 Å². The van der Waals surface area contributed by atoms with Crippen molar-refractivity contribution in [3.63, 3.8) is 0 Å². The minimum absolute atomic E-state index is 0.0752. The van der Waals surface area contributed by atoms with Crippen LogP contribution in [-0.4, -0.2) is 42.9 Å². The van der Waals surface area contributed by atoms with Crippen LogP contribution < -0.4 is 10.2 Å². The largest absolute Gasteiger partial charge is 0.431 e. The molecule has 140 valence electrons. The third-order valence-electron chi connectivity index (χ3n) is 4.49. The molecule has 1 aliphatic rings. The van der Waals surface area contributed by atoms with Gasteiger partial charge in [0, 0.05) is 11.3 Å². The fraction of sp³-hybridized carbons (Fsp3) is 0.300. The zero-order valence-electron chi connectivity index (χ0n) is 14.9. The van der Waals surface area contributed by atoms with Crippen LogP contribution in [0.2, 0.25) is 0 Å².